The Labute approximate surface area is 206 Å². The van der Waals surface area contributed by atoms with Gasteiger partial charge in [-0.15, -0.1) is 0 Å². The number of nitrogens with one attached hydrogen (secondary N) is 2. The molecule has 3 amide bonds. The zero-order valence-corrected chi connectivity index (χ0v) is 20.5. The molecule has 0 bridgehead atoms. The summed E-state index contributed by atoms with van der Waals surface area (Å²) in [6, 6.07) is 14.7. The smallest absolute Gasteiger partial charge is 0.257 e. The van der Waals surface area contributed by atoms with E-state index < -0.39 is 0 Å². The molecule has 8 heteroatoms. The predicted octanol–water partition coefficient (Wildman–Crippen LogP) is 3.68. The van der Waals surface area contributed by atoms with E-state index in [0.717, 1.165) is 5.56 Å². The van der Waals surface area contributed by atoms with Crippen molar-refractivity contribution in [3.8, 4) is 5.75 Å². The lowest BCUT2D eigenvalue weighted by Gasteiger charge is -2.42. The molecule has 2 aromatic carbocycles. The summed E-state index contributed by atoms with van der Waals surface area (Å²) < 4.78 is 12.3. The van der Waals surface area contributed by atoms with Gasteiger partial charge in [0.15, 0.2) is 0 Å². The number of likely N-dealkylation sites (N-methyl/N-ethyl adjacent to an activating group) is 1. The number of carbonyl (C=O) groups is 3. The van der Waals surface area contributed by atoms with Crippen LogP contribution < -0.4 is 15.4 Å². The van der Waals surface area contributed by atoms with Gasteiger partial charge in [-0.1, -0.05) is 37.3 Å². The summed E-state index contributed by atoms with van der Waals surface area (Å²) in [6.07, 6.45) is 1.42. The van der Waals surface area contributed by atoms with Crippen molar-refractivity contribution in [3.05, 3.63) is 59.7 Å². The van der Waals surface area contributed by atoms with E-state index in [1.165, 1.54) is 0 Å². The lowest BCUT2D eigenvalue weighted by molar-refractivity contribution is -0.134. The molecule has 0 radical (unpaired) electrons. The van der Waals surface area contributed by atoms with Gasteiger partial charge in [0.05, 0.1) is 30.2 Å². The van der Waals surface area contributed by atoms with Gasteiger partial charge in [-0.25, -0.2) is 0 Å². The largest absolute Gasteiger partial charge is 0.490 e. The number of benzene rings is 2. The van der Waals surface area contributed by atoms with Gasteiger partial charge in [0.2, 0.25) is 11.8 Å². The Hall–Kier alpha value is -3.39. The number of nitrogens with zero attached hydrogens (tertiary/aromatic N) is 1. The summed E-state index contributed by atoms with van der Waals surface area (Å²) in [5.74, 6) is 0.0909. The van der Waals surface area contributed by atoms with Crippen LogP contribution in [-0.2, 0) is 14.3 Å². The quantitative estimate of drug-likeness (QED) is 0.659. The predicted molar refractivity (Wildman–Crippen MR) is 132 cm³/mol. The molecule has 1 saturated heterocycles. The summed E-state index contributed by atoms with van der Waals surface area (Å²) >= 11 is 0. The molecule has 0 aromatic heterocycles. The molecule has 4 rings (SSSR count). The highest BCUT2D eigenvalue weighted by atomic mass is 16.5. The van der Waals surface area contributed by atoms with Gasteiger partial charge in [-0.05, 0) is 43.5 Å². The average Bonchev–Trinajstić information content (AvgIpc) is 2.86. The maximum absolute atomic E-state index is 13.3. The first kappa shape index (κ1) is 24.7. The van der Waals surface area contributed by atoms with Gasteiger partial charge in [-0.2, -0.15) is 0 Å². The van der Waals surface area contributed by atoms with E-state index in [2.05, 4.69) is 10.6 Å². The molecule has 2 aromatic rings. The summed E-state index contributed by atoms with van der Waals surface area (Å²) in [5, 5.41) is 5.83. The van der Waals surface area contributed by atoms with Crippen LogP contribution in [0.5, 0.6) is 5.75 Å². The zero-order valence-electron chi connectivity index (χ0n) is 20.5. The van der Waals surface area contributed by atoms with Crippen molar-refractivity contribution in [1.29, 1.82) is 0 Å². The number of rotatable bonds is 6. The second kappa shape index (κ2) is 10.9. The van der Waals surface area contributed by atoms with E-state index in [-0.39, 0.29) is 55.0 Å². The number of hydrogen-bond acceptors (Lipinski definition) is 5. The molecule has 35 heavy (non-hydrogen) atoms. The van der Waals surface area contributed by atoms with Gasteiger partial charge >= 0.3 is 0 Å². The average molecular weight is 480 g/mol. The summed E-state index contributed by atoms with van der Waals surface area (Å²) in [4.78, 5) is 39.4. The number of carbonyl (C=O) groups excluding carboxylic acids is 3. The Bertz CT molecular complexity index is 1070. The fourth-order valence-electron chi connectivity index (χ4n) is 4.69. The molecule has 0 spiro atoms. The minimum atomic E-state index is -0.338. The van der Waals surface area contributed by atoms with Crippen LogP contribution in [0.15, 0.2) is 48.5 Å². The van der Waals surface area contributed by atoms with E-state index in [0.29, 0.717) is 36.3 Å². The third kappa shape index (κ3) is 5.82. The molecule has 186 valence electrons. The van der Waals surface area contributed by atoms with Crippen LogP contribution in [0.4, 0.5) is 5.69 Å². The van der Waals surface area contributed by atoms with Crippen molar-refractivity contribution in [1.82, 2.24) is 10.2 Å². The molecule has 0 aliphatic carbocycles. The van der Waals surface area contributed by atoms with Crippen LogP contribution in [0.2, 0.25) is 0 Å². The minimum Gasteiger partial charge on any atom is -0.490 e. The van der Waals surface area contributed by atoms with Crippen LogP contribution in [0.3, 0.4) is 0 Å². The van der Waals surface area contributed by atoms with Crippen molar-refractivity contribution in [3.63, 3.8) is 0 Å². The molecule has 0 unspecified atom stereocenters. The van der Waals surface area contributed by atoms with Crippen LogP contribution in [-0.4, -0.2) is 54.5 Å². The second-order valence-corrected chi connectivity index (χ2v) is 9.18. The summed E-state index contributed by atoms with van der Waals surface area (Å²) in [5.41, 5.74) is 2.03. The second-order valence-electron chi connectivity index (χ2n) is 9.18. The highest BCUT2D eigenvalue weighted by Gasteiger charge is 2.39. The topological polar surface area (TPSA) is 97.0 Å². The van der Waals surface area contributed by atoms with E-state index in [1.54, 1.807) is 37.1 Å². The van der Waals surface area contributed by atoms with Crippen molar-refractivity contribution < 1.29 is 23.9 Å². The van der Waals surface area contributed by atoms with Crippen LogP contribution in [0, 0.1) is 0 Å². The van der Waals surface area contributed by atoms with Crippen molar-refractivity contribution in [2.45, 2.75) is 63.8 Å². The first-order valence-corrected chi connectivity index (χ1v) is 12.2. The fraction of sp³-hybridized carbons (Fsp3) is 0.444. The first-order valence-electron chi connectivity index (χ1n) is 12.2. The van der Waals surface area contributed by atoms with Crippen molar-refractivity contribution in [2.75, 3.05) is 19.0 Å². The highest BCUT2D eigenvalue weighted by molar-refractivity contribution is 5.99. The van der Waals surface area contributed by atoms with Gasteiger partial charge in [0, 0.05) is 19.2 Å². The Kier molecular flexibility index (Phi) is 7.70. The van der Waals surface area contributed by atoms with Crippen LogP contribution in [0.1, 0.15) is 61.5 Å². The molecule has 4 atom stereocenters. The number of fused-ring (bicyclic) bond motifs is 2. The Morgan fingerprint density at radius 3 is 2.63 bits per heavy atom. The molecule has 2 heterocycles. The fourth-order valence-corrected chi connectivity index (χ4v) is 4.69. The van der Waals surface area contributed by atoms with Gasteiger partial charge < -0.3 is 25.0 Å². The molecule has 8 nitrogen and oxygen atoms in total. The highest BCUT2D eigenvalue weighted by Crippen LogP contribution is 2.32. The Morgan fingerprint density at radius 1 is 1.11 bits per heavy atom. The van der Waals surface area contributed by atoms with Gasteiger partial charge in [-0.3, -0.25) is 14.4 Å². The SMILES string of the molecule is CCC(=O)Nc1ccc2c(c1)C(=O)N(C)[C@H]1CC[C@H](CC(=O)N[C@@H](C)c3ccccc3)O[C@@H]1CO2. The molecule has 2 aliphatic rings. The summed E-state index contributed by atoms with van der Waals surface area (Å²) in [7, 11) is 1.77. The maximum Gasteiger partial charge on any atom is 0.257 e. The first-order chi connectivity index (χ1) is 16.9. The van der Waals surface area contributed by atoms with E-state index in [9.17, 15) is 14.4 Å². The van der Waals surface area contributed by atoms with Crippen molar-refractivity contribution >= 4 is 23.4 Å². The standard InChI is InChI=1S/C27H33N3O5/c1-4-25(31)29-19-10-13-23-21(14-19)27(33)30(3)22-12-11-20(35-24(22)16-34-23)15-26(32)28-17(2)18-8-6-5-7-9-18/h5-10,13-14,17,20,22,24H,4,11-12,15-16H2,1-3H3,(H,28,32)(H,29,31)/t17-,20+,22-,24+/m0/s1. The molecule has 2 aliphatic heterocycles. The Morgan fingerprint density at radius 2 is 1.89 bits per heavy atom. The van der Waals surface area contributed by atoms with Crippen LogP contribution in [0.25, 0.3) is 0 Å². The lowest BCUT2D eigenvalue weighted by Crippen LogP contribution is -2.54. The Balaban J connectivity index is 1.40. The molecule has 2 N–H and O–H groups in total. The van der Waals surface area contributed by atoms with Gasteiger partial charge in [0.25, 0.3) is 5.91 Å². The third-order valence-electron chi connectivity index (χ3n) is 6.71. The van der Waals surface area contributed by atoms with Gasteiger partial charge in [0.1, 0.15) is 18.5 Å². The molecular formula is C27H33N3O5. The number of anilines is 1. The van der Waals surface area contributed by atoms with E-state index >= 15 is 0 Å². The third-order valence-corrected chi connectivity index (χ3v) is 6.71. The van der Waals surface area contributed by atoms with E-state index in [4.69, 9.17) is 9.47 Å². The van der Waals surface area contributed by atoms with Crippen LogP contribution >= 0.6 is 0 Å². The lowest BCUT2D eigenvalue weighted by atomic mass is 9.94. The van der Waals surface area contributed by atoms with Crippen molar-refractivity contribution in [2.24, 2.45) is 0 Å². The maximum atomic E-state index is 13.3. The number of ether oxygens (including phenoxy) is 2. The number of amides is 3. The molecule has 0 saturated carbocycles. The van der Waals surface area contributed by atoms with E-state index in [1.807, 2.05) is 37.3 Å². The molecule has 1 fully saturated rings. The minimum absolute atomic E-state index is 0.0620. The monoisotopic (exact) mass is 479 g/mol. The number of hydrogen-bond donors (Lipinski definition) is 2. The zero-order chi connectivity index (χ0) is 24.9. The molecular weight excluding hydrogens is 446 g/mol. The summed E-state index contributed by atoms with van der Waals surface area (Å²) in [6.45, 7) is 4.01. The normalized spacial score (nSPS) is 22.5.